The van der Waals surface area contributed by atoms with E-state index in [0.717, 1.165) is 16.7 Å². The predicted molar refractivity (Wildman–Crippen MR) is 145 cm³/mol. The summed E-state index contributed by atoms with van der Waals surface area (Å²) in [7, 11) is 0. The Hall–Kier alpha value is -3.59. The molecule has 0 saturated carbocycles. The molecule has 2 nitrogen and oxygen atoms in total. The summed E-state index contributed by atoms with van der Waals surface area (Å²) < 4.78 is 6.26. The minimum absolute atomic E-state index is 0.0763. The van der Waals surface area contributed by atoms with Gasteiger partial charge in [-0.05, 0) is 53.7 Å². The van der Waals surface area contributed by atoms with E-state index < -0.39 is 0 Å². The lowest BCUT2D eigenvalue weighted by Crippen LogP contribution is -2.56. The van der Waals surface area contributed by atoms with Crippen LogP contribution >= 0.6 is 0 Å². The number of oxazole rings is 1. The fourth-order valence-corrected chi connectivity index (χ4v) is 5.68. The average Bonchev–Trinajstić information content (AvgIpc) is 3.21. The van der Waals surface area contributed by atoms with Gasteiger partial charge in [-0.3, -0.25) is 0 Å². The first-order valence-corrected chi connectivity index (χ1v) is 11.9. The van der Waals surface area contributed by atoms with Gasteiger partial charge in [0.1, 0.15) is 5.52 Å². The van der Waals surface area contributed by atoms with E-state index >= 15 is 0 Å². The van der Waals surface area contributed by atoms with Gasteiger partial charge in [0.05, 0.1) is 0 Å². The van der Waals surface area contributed by atoms with Crippen molar-refractivity contribution in [3.8, 4) is 11.5 Å². The zero-order valence-corrected chi connectivity index (χ0v) is 20.9. The molecule has 3 heteroatoms. The van der Waals surface area contributed by atoms with Gasteiger partial charge in [-0.2, -0.15) is 0 Å². The topological polar surface area (TPSA) is 26.0 Å². The van der Waals surface area contributed by atoms with E-state index in [2.05, 4.69) is 90.1 Å². The molecule has 0 amide bonds. The lowest BCUT2D eigenvalue weighted by Gasteiger charge is -2.25. The maximum absolute atomic E-state index is 6.26. The van der Waals surface area contributed by atoms with Crippen LogP contribution in [-0.2, 0) is 0 Å². The number of aryl methyl sites for hydroxylation is 6. The second kappa shape index (κ2) is 8.64. The molecule has 1 heterocycles. The number of hydrogen-bond donors (Lipinski definition) is 0. The van der Waals surface area contributed by atoms with Gasteiger partial charge >= 0.3 is 0 Å². The first-order valence-electron chi connectivity index (χ1n) is 11.9. The Labute approximate surface area is 202 Å². The SMILES string of the molecule is Cc1cc(C)c(B(c2ccccc2-c2nc3ccccc3o2)c2c(C)cc(C)cc2C)c(C)c1. The number of rotatable bonds is 4. The van der Waals surface area contributed by atoms with Crippen molar-refractivity contribution in [3.63, 3.8) is 0 Å². The number of hydrogen-bond acceptors (Lipinski definition) is 2. The predicted octanol–water partition coefficient (Wildman–Crippen LogP) is 5.86. The number of benzene rings is 4. The standard InChI is InChI=1S/C31H30BNO/c1-19-15-21(3)29(22(4)16-19)32(30-23(5)17-20(2)18-24(30)6)26-12-8-7-11-25(26)31-33-27-13-9-10-14-28(27)34-31/h7-18H,1-6H3. The smallest absolute Gasteiger partial charge is 0.243 e. The van der Waals surface area contributed by atoms with Crippen molar-refractivity contribution < 1.29 is 4.42 Å². The highest BCUT2D eigenvalue weighted by atomic mass is 16.3. The lowest BCUT2D eigenvalue weighted by molar-refractivity contribution is 0.620. The first kappa shape index (κ1) is 22.2. The van der Waals surface area contributed by atoms with Gasteiger partial charge in [0, 0.05) is 5.56 Å². The third kappa shape index (κ3) is 3.86. The summed E-state index contributed by atoms with van der Waals surface area (Å²) in [5.41, 5.74) is 14.5. The molecule has 4 aromatic carbocycles. The summed E-state index contributed by atoms with van der Waals surface area (Å²) in [6.45, 7) is 13.4. The molecule has 0 unspecified atom stereocenters. The van der Waals surface area contributed by atoms with Crippen LogP contribution in [0.3, 0.4) is 0 Å². The lowest BCUT2D eigenvalue weighted by atomic mass is 9.33. The minimum atomic E-state index is 0.0763. The second-order valence-corrected chi connectivity index (χ2v) is 9.63. The third-order valence-electron chi connectivity index (χ3n) is 6.85. The molecule has 168 valence electrons. The number of fused-ring (bicyclic) bond motifs is 1. The zero-order valence-electron chi connectivity index (χ0n) is 20.9. The van der Waals surface area contributed by atoms with E-state index in [1.54, 1.807) is 0 Å². The van der Waals surface area contributed by atoms with Crippen molar-refractivity contribution in [1.29, 1.82) is 0 Å². The Balaban J connectivity index is 1.83. The van der Waals surface area contributed by atoms with Crippen molar-refractivity contribution in [1.82, 2.24) is 4.98 Å². The van der Waals surface area contributed by atoms with Gasteiger partial charge in [-0.1, -0.05) is 110 Å². The van der Waals surface area contributed by atoms with Gasteiger partial charge in [0.15, 0.2) is 5.58 Å². The molecule has 0 aliphatic rings. The van der Waals surface area contributed by atoms with Gasteiger partial charge < -0.3 is 4.42 Å². The number of nitrogens with zero attached hydrogens (tertiary/aromatic N) is 1. The number of aromatic nitrogens is 1. The van der Waals surface area contributed by atoms with Crippen LogP contribution in [0.5, 0.6) is 0 Å². The summed E-state index contributed by atoms with van der Waals surface area (Å²) in [5.74, 6) is 0.673. The highest BCUT2D eigenvalue weighted by Crippen LogP contribution is 2.24. The Kier molecular flexibility index (Phi) is 5.65. The molecule has 0 fully saturated rings. The van der Waals surface area contributed by atoms with Crippen LogP contribution in [0.15, 0.2) is 77.2 Å². The molecule has 1 aromatic heterocycles. The van der Waals surface area contributed by atoms with Crippen molar-refractivity contribution >= 4 is 34.2 Å². The number of para-hydroxylation sites is 2. The summed E-state index contributed by atoms with van der Waals surface area (Å²) in [4.78, 5) is 4.86. The molecule has 5 aromatic rings. The molecule has 0 aliphatic heterocycles. The van der Waals surface area contributed by atoms with Gasteiger partial charge in [0.2, 0.25) is 12.6 Å². The Morgan fingerprint density at radius 1 is 0.618 bits per heavy atom. The van der Waals surface area contributed by atoms with Crippen LogP contribution in [0, 0.1) is 41.5 Å². The third-order valence-corrected chi connectivity index (χ3v) is 6.85. The zero-order chi connectivity index (χ0) is 24.0. The highest BCUT2D eigenvalue weighted by Gasteiger charge is 2.31. The molecule has 34 heavy (non-hydrogen) atoms. The van der Waals surface area contributed by atoms with E-state index in [9.17, 15) is 0 Å². The van der Waals surface area contributed by atoms with Gasteiger partial charge in [-0.25, -0.2) is 4.98 Å². The van der Waals surface area contributed by atoms with E-state index in [-0.39, 0.29) is 6.71 Å². The van der Waals surface area contributed by atoms with Crippen LogP contribution in [-0.4, -0.2) is 11.7 Å². The maximum atomic E-state index is 6.26. The van der Waals surface area contributed by atoms with Gasteiger partial charge in [0.25, 0.3) is 0 Å². The molecule has 0 bridgehead atoms. The first-order chi connectivity index (χ1) is 16.3. The normalized spacial score (nSPS) is 11.2. The second-order valence-electron chi connectivity index (χ2n) is 9.63. The van der Waals surface area contributed by atoms with Crippen molar-refractivity contribution in [2.75, 3.05) is 0 Å². The molecule has 0 N–H and O–H groups in total. The van der Waals surface area contributed by atoms with Gasteiger partial charge in [-0.15, -0.1) is 0 Å². The summed E-state index contributed by atoms with van der Waals surface area (Å²) >= 11 is 0. The maximum Gasteiger partial charge on any atom is 0.243 e. The largest absolute Gasteiger partial charge is 0.436 e. The van der Waals surface area contributed by atoms with Crippen LogP contribution in [0.25, 0.3) is 22.6 Å². The molecule has 0 aliphatic carbocycles. The van der Waals surface area contributed by atoms with Crippen molar-refractivity contribution in [2.24, 2.45) is 0 Å². The molecular formula is C31H30BNO. The Morgan fingerprint density at radius 2 is 1.12 bits per heavy atom. The average molecular weight is 443 g/mol. The van der Waals surface area contributed by atoms with Crippen LogP contribution < -0.4 is 16.4 Å². The molecule has 0 spiro atoms. The molecule has 0 atom stereocenters. The van der Waals surface area contributed by atoms with E-state index in [1.807, 2.05) is 24.3 Å². The molecule has 0 radical (unpaired) electrons. The fourth-order valence-electron chi connectivity index (χ4n) is 5.68. The summed E-state index contributed by atoms with van der Waals surface area (Å²) in [6.07, 6.45) is 0. The van der Waals surface area contributed by atoms with E-state index in [4.69, 9.17) is 9.40 Å². The fraction of sp³-hybridized carbons (Fsp3) is 0.194. The molecule has 5 rings (SSSR count). The monoisotopic (exact) mass is 443 g/mol. The Bertz CT molecular complexity index is 1390. The highest BCUT2D eigenvalue weighted by molar-refractivity contribution is 6.97. The summed E-state index contributed by atoms with van der Waals surface area (Å²) in [6, 6.07) is 25.8. The minimum Gasteiger partial charge on any atom is -0.436 e. The van der Waals surface area contributed by atoms with Crippen LogP contribution in [0.4, 0.5) is 0 Å². The molecular weight excluding hydrogens is 413 g/mol. The summed E-state index contributed by atoms with van der Waals surface area (Å²) in [5, 5.41) is 0. The van der Waals surface area contributed by atoms with E-state index in [1.165, 1.54) is 49.8 Å². The van der Waals surface area contributed by atoms with Crippen molar-refractivity contribution in [3.05, 3.63) is 106 Å². The Morgan fingerprint density at radius 3 is 1.68 bits per heavy atom. The molecule has 0 saturated heterocycles. The van der Waals surface area contributed by atoms with E-state index in [0.29, 0.717) is 5.89 Å². The quantitative estimate of drug-likeness (QED) is 0.325. The van der Waals surface area contributed by atoms with Crippen molar-refractivity contribution in [2.45, 2.75) is 41.5 Å². The van der Waals surface area contributed by atoms with Crippen LogP contribution in [0.2, 0.25) is 0 Å². The van der Waals surface area contributed by atoms with Crippen LogP contribution in [0.1, 0.15) is 33.4 Å².